The van der Waals surface area contributed by atoms with E-state index in [9.17, 15) is 0 Å². The van der Waals surface area contributed by atoms with Crippen LogP contribution in [0, 0.1) is 0 Å². The van der Waals surface area contributed by atoms with Gasteiger partial charge in [0.1, 0.15) is 5.82 Å². The molecule has 1 saturated carbocycles. The lowest BCUT2D eigenvalue weighted by atomic mass is 10.2. The van der Waals surface area contributed by atoms with Crippen LogP contribution in [0.15, 0.2) is 12.1 Å². The first-order valence-electron chi connectivity index (χ1n) is 7.62. The average molecular weight is 295 g/mol. The van der Waals surface area contributed by atoms with Crippen molar-refractivity contribution in [1.82, 2.24) is 14.8 Å². The summed E-state index contributed by atoms with van der Waals surface area (Å²) in [5.74, 6) is 0.920. The van der Waals surface area contributed by atoms with Crippen LogP contribution in [-0.2, 0) is 6.54 Å². The molecule has 2 heterocycles. The lowest BCUT2D eigenvalue weighted by Gasteiger charge is -2.34. The highest BCUT2D eigenvalue weighted by molar-refractivity contribution is 6.31. The maximum atomic E-state index is 6.28. The van der Waals surface area contributed by atoms with E-state index in [2.05, 4.69) is 27.0 Å². The molecule has 1 aliphatic carbocycles. The van der Waals surface area contributed by atoms with Crippen LogP contribution in [0.5, 0.6) is 0 Å². The maximum Gasteiger partial charge on any atom is 0.126 e. The van der Waals surface area contributed by atoms with Crippen molar-refractivity contribution in [1.29, 1.82) is 0 Å². The molecule has 0 spiro atoms. The number of rotatable bonds is 5. The first-order chi connectivity index (χ1) is 9.76. The van der Waals surface area contributed by atoms with E-state index < -0.39 is 0 Å². The molecule has 2 aliphatic rings. The Balaban J connectivity index is 1.58. The van der Waals surface area contributed by atoms with Gasteiger partial charge in [0, 0.05) is 45.3 Å². The summed E-state index contributed by atoms with van der Waals surface area (Å²) in [7, 11) is 0. The molecule has 0 atom stereocenters. The van der Waals surface area contributed by atoms with Crippen LogP contribution < -0.4 is 5.32 Å². The molecule has 0 bridgehead atoms. The molecule has 1 N–H and O–H groups in total. The number of nitrogens with zero attached hydrogens (tertiary/aromatic N) is 3. The second-order valence-corrected chi connectivity index (χ2v) is 6.11. The van der Waals surface area contributed by atoms with Crippen molar-refractivity contribution in [2.24, 2.45) is 0 Å². The predicted molar refractivity (Wildman–Crippen MR) is 83.3 cm³/mol. The van der Waals surface area contributed by atoms with E-state index in [1.165, 1.54) is 25.9 Å². The van der Waals surface area contributed by atoms with E-state index >= 15 is 0 Å². The van der Waals surface area contributed by atoms with Gasteiger partial charge >= 0.3 is 0 Å². The largest absolute Gasteiger partial charge is 0.370 e. The number of hydrogen-bond acceptors (Lipinski definition) is 4. The molecule has 2 fully saturated rings. The summed E-state index contributed by atoms with van der Waals surface area (Å²) in [5.41, 5.74) is 0.991. The third kappa shape index (κ3) is 3.43. The molecule has 1 aromatic heterocycles. The zero-order valence-corrected chi connectivity index (χ0v) is 12.9. The predicted octanol–water partition coefficient (Wildman–Crippen LogP) is 2.45. The monoisotopic (exact) mass is 294 g/mol. The Hall–Kier alpha value is -0.840. The fourth-order valence-corrected chi connectivity index (χ4v) is 2.98. The zero-order chi connectivity index (χ0) is 13.9. The molecule has 1 aromatic rings. The van der Waals surface area contributed by atoms with Gasteiger partial charge in [0.05, 0.1) is 10.7 Å². The summed E-state index contributed by atoms with van der Waals surface area (Å²) in [4.78, 5) is 9.71. The Morgan fingerprint density at radius 2 is 2.00 bits per heavy atom. The molecule has 3 rings (SSSR count). The fourth-order valence-electron chi connectivity index (χ4n) is 2.81. The Bertz CT molecular complexity index is 453. The van der Waals surface area contributed by atoms with Crippen molar-refractivity contribution < 1.29 is 0 Å². The molecule has 1 saturated heterocycles. The Morgan fingerprint density at radius 3 is 2.65 bits per heavy atom. The number of piperazine rings is 1. The van der Waals surface area contributed by atoms with Crippen molar-refractivity contribution in [3.05, 3.63) is 22.8 Å². The summed E-state index contributed by atoms with van der Waals surface area (Å²) >= 11 is 6.28. The SMILES string of the molecule is CCNc1ccc(Cl)c(CN2CCN(C3CC3)CC2)n1. The van der Waals surface area contributed by atoms with Gasteiger partial charge in [-0.3, -0.25) is 9.80 Å². The number of anilines is 1. The number of pyridine rings is 1. The van der Waals surface area contributed by atoms with Gasteiger partial charge in [-0.25, -0.2) is 4.98 Å². The molecule has 0 amide bonds. The average Bonchev–Trinajstić information content (AvgIpc) is 3.28. The van der Waals surface area contributed by atoms with E-state index in [0.29, 0.717) is 0 Å². The molecule has 0 radical (unpaired) electrons. The normalized spacial score (nSPS) is 21.1. The highest BCUT2D eigenvalue weighted by atomic mass is 35.5. The van der Waals surface area contributed by atoms with Gasteiger partial charge in [0.25, 0.3) is 0 Å². The highest BCUT2D eigenvalue weighted by Gasteiger charge is 2.31. The zero-order valence-electron chi connectivity index (χ0n) is 12.1. The van der Waals surface area contributed by atoms with Gasteiger partial charge in [-0.05, 0) is 31.9 Å². The quantitative estimate of drug-likeness (QED) is 0.904. The van der Waals surface area contributed by atoms with Crippen molar-refractivity contribution in [3.8, 4) is 0 Å². The van der Waals surface area contributed by atoms with Gasteiger partial charge in [0.15, 0.2) is 0 Å². The molecule has 5 heteroatoms. The first-order valence-corrected chi connectivity index (χ1v) is 7.99. The maximum absolute atomic E-state index is 6.28. The van der Waals surface area contributed by atoms with Gasteiger partial charge in [-0.1, -0.05) is 11.6 Å². The molecule has 110 valence electrons. The van der Waals surface area contributed by atoms with Crippen LogP contribution in [0.1, 0.15) is 25.5 Å². The number of nitrogens with one attached hydrogen (secondary N) is 1. The summed E-state index contributed by atoms with van der Waals surface area (Å²) in [6, 6.07) is 4.78. The van der Waals surface area contributed by atoms with Crippen molar-refractivity contribution >= 4 is 17.4 Å². The summed E-state index contributed by atoms with van der Waals surface area (Å²) in [6.45, 7) is 8.45. The third-order valence-corrected chi connectivity index (χ3v) is 4.46. The van der Waals surface area contributed by atoms with E-state index in [4.69, 9.17) is 11.6 Å². The molecular formula is C15H23ClN4. The van der Waals surface area contributed by atoms with Crippen molar-refractivity contribution in [2.75, 3.05) is 38.0 Å². The van der Waals surface area contributed by atoms with Crippen LogP contribution >= 0.6 is 11.6 Å². The second kappa shape index (κ2) is 6.29. The van der Waals surface area contributed by atoms with E-state index in [-0.39, 0.29) is 0 Å². The van der Waals surface area contributed by atoms with E-state index in [0.717, 1.165) is 48.8 Å². The Morgan fingerprint density at radius 1 is 1.25 bits per heavy atom. The molecule has 0 unspecified atom stereocenters. The molecular weight excluding hydrogens is 272 g/mol. The molecule has 0 aromatic carbocycles. The van der Waals surface area contributed by atoms with Crippen LogP contribution in [0.3, 0.4) is 0 Å². The van der Waals surface area contributed by atoms with Gasteiger partial charge in [0.2, 0.25) is 0 Å². The summed E-state index contributed by atoms with van der Waals surface area (Å²) in [6.07, 6.45) is 2.80. The van der Waals surface area contributed by atoms with E-state index in [1.54, 1.807) is 0 Å². The standard InChI is InChI=1S/C15H23ClN4/c1-2-17-15-6-5-13(16)14(18-15)11-19-7-9-20(10-8-19)12-3-4-12/h5-6,12H,2-4,7-11H2,1H3,(H,17,18). The van der Waals surface area contributed by atoms with Crippen LogP contribution in [0.25, 0.3) is 0 Å². The van der Waals surface area contributed by atoms with Crippen LogP contribution in [0.2, 0.25) is 5.02 Å². The first kappa shape index (κ1) is 14.1. The van der Waals surface area contributed by atoms with Gasteiger partial charge in [-0.15, -0.1) is 0 Å². The Labute approximate surface area is 126 Å². The number of hydrogen-bond donors (Lipinski definition) is 1. The second-order valence-electron chi connectivity index (χ2n) is 5.70. The third-order valence-electron chi connectivity index (χ3n) is 4.12. The lowest BCUT2D eigenvalue weighted by Crippen LogP contribution is -2.46. The van der Waals surface area contributed by atoms with Crippen LogP contribution in [0.4, 0.5) is 5.82 Å². The molecule has 20 heavy (non-hydrogen) atoms. The lowest BCUT2D eigenvalue weighted by molar-refractivity contribution is 0.120. The number of halogens is 1. The minimum Gasteiger partial charge on any atom is -0.370 e. The molecule has 1 aliphatic heterocycles. The van der Waals surface area contributed by atoms with E-state index in [1.807, 2.05) is 12.1 Å². The summed E-state index contributed by atoms with van der Waals surface area (Å²) < 4.78 is 0. The van der Waals surface area contributed by atoms with Crippen molar-refractivity contribution in [3.63, 3.8) is 0 Å². The van der Waals surface area contributed by atoms with Gasteiger partial charge in [-0.2, -0.15) is 0 Å². The number of aromatic nitrogens is 1. The minimum absolute atomic E-state index is 0.774. The van der Waals surface area contributed by atoms with Crippen molar-refractivity contribution in [2.45, 2.75) is 32.4 Å². The topological polar surface area (TPSA) is 31.4 Å². The highest BCUT2D eigenvalue weighted by Crippen LogP contribution is 2.28. The fraction of sp³-hybridized carbons (Fsp3) is 0.667. The smallest absolute Gasteiger partial charge is 0.126 e. The molecule has 4 nitrogen and oxygen atoms in total. The van der Waals surface area contributed by atoms with Gasteiger partial charge < -0.3 is 5.32 Å². The Kier molecular flexibility index (Phi) is 4.44. The summed E-state index contributed by atoms with van der Waals surface area (Å²) in [5, 5.41) is 4.02. The minimum atomic E-state index is 0.774. The van der Waals surface area contributed by atoms with Crippen LogP contribution in [-0.4, -0.2) is 53.5 Å².